The van der Waals surface area contributed by atoms with E-state index in [2.05, 4.69) is 20.2 Å². The van der Waals surface area contributed by atoms with Crippen molar-refractivity contribution in [2.45, 2.75) is 0 Å². The SMILES string of the molecule is C1=CN2C(=NC1)C=CC1=C2NCN=C1. The standard InChI is InChI=1S/C10H10N4/c1-4-12-9-3-2-8-6-11-7-13-10(8)14(9)5-1/h1-3,5-6,13H,4,7H2. The van der Waals surface area contributed by atoms with Crippen LogP contribution in [0.5, 0.6) is 0 Å². The minimum atomic E-state index is 0.643. The summed E-state index contributed by atoms with van der Waals surface area (Å²) in [6, 6.07) is 0. The van der Waals surface area contributed by atoms with E-state index in [1.807, 2.05) is 30.6 Å². The summed E-state index contributed by atoms with van der Waals surface area (Å²) in [5.41, 5.74) is 1.11. The van der Waals surface area contributed by atoms with Gasteiger partial charge in [0.1, 0.15) is 18.3 Å². The Labute approximate surface area is 82.0 Å². The van der Waals surface area contributed by atoms with Crippen LogP contribution in [0.4, 0.5) is 0 Å². The molecule has 0 saturated carbocycles. The highest BCUT2D eigenvalue weighted by Crippen LogP contribution is 2.19. The van der Waals surface area contributed by atoms with Crippen molar-refractivity contribution in [1.82, 2.24) is 10.2 Å². The van der Waals surface area contributed by atoms with Gasteiger partial charge in [-0.2, -0.15) is 0 Å². The molecule has 1 N–H and O–H groups in total. The molecule has 3 heterocycles. The van der Waals surface area contributed by atoms with Crippen LogP contribution in [0.1, 0.15) is 0 Å². The molecule has 3 aliphatic rings. The van der Waals surface area contributed by atoms with E-state index in [4.69, 9.17) is 0 Å². The smallest absolute Gasteiger partial charge is 0.133 e. The van der Waals surface area contributed by atoms with Gasteiger partial charge in [-0.15, -0.1) is 0 Å². The second-order valence-electron chi connectivity index (χ2n) is 3.24. The normalized spacial score (nSPS) is 22.9. The molecule has 3 aliphatic heterocycles. The number of hydrogen-bond acceptors (Lipinski definition) is 4. The fraction of sp³-hybridized carbons (Fsp3) is 0.200. The summed E-state index contributed by atoms with van der Waals surface area (Å²) in [6.45, 7) is 1.41. The first-order chi connectivity index (χ1) is 6.95. The Kier molecular flexibility index (Phi) is 1.53. The Morgan fingerprint density at radius 1 is 1.36 bits per heavy atom. The predicted molar refractivity (Wildman–Crippen MR) is 55.9 cm³/mol. The van der Waals surface area contributed by atoms with E-state index in [0.717, 1.165) is 23.8 Å². The molecule has 0 spiro atoms. The molecule has 0 unspecified atom stereocenters. The van der Waals surface area contributed by atoms with E-state index in [-0.39, 0.29) is 0 Å². The Bertz CT molecular complexity index is 412. The minimum Gasteiger partial charge on any atom is -0.352 e. The van der Waals surface area contributed by atoms with Crippen molar-refractivity contribution in [3.63, 3.8) is 0 Å². The van der Waals surface area contributed by atoms with Crippen LogP contribution < -0.4 is 5.32 Å². The van der Waals surface area contributed by atoms with Crippen LogP contribution in [-0.2, 0) is 0 Å². The fourth-order valence-corrected chi connectivity index (χ4v) is 1.71. The number of rotatable bonds is 0. The molecule has 4 nitrogen and oxygen atoms in total. The number of fused-ring (bicyclic) bond motifs is 2. The lowest BCUT2D eigenvalue weighted by Crippen LogP contribution is -2.38. The maximum absolute atomic E-state index is 4.39. The van der Waals surface area contributed by atoms with Crippen LogP contribution in [0.2, 0.25) is 0 Å². The van der Waals surface area contributed by atoms with E-state index < -0.39 is 0 Å². The Morgan fingerprint density at radius 3 is 3.36 bits per heavy atom. The van der Waals surface area contributed by atoms with Gasteiger partial charge in [-0.05, 0) is 18.2 Å². The van der Waals surface area contributed by atoms with E-state index in [1.54, 1.807) is 0 Å². The van der Waals surface area contributed by atoms with Crippen molar-refractivity contribution in [3.8, 4) is 0 Å². The number of nitrogens with zero attached hydrogens (tertiary/aromatic N) is 3. The molecule has 0 radical (unpaired) electrons. The third-order valence-corrected chi connectivity index (χ3v) is 2.35. The average molecular weight is 186 g/mol. The summed E-state index contributed by atoms with van der Waals surface area (Å²) in [5.74, 6) is 2.08. The third-order valence-electron chi connectivity index (χ3n) is 2.35. The summed E-state index contributed by atoms with van der Waals surface area (Å²) in [4.78, 5) is 10.6. The largest absolute Gasteiger partial charge is 0.352 e. The van der Waals surface area contributed by atoms with Crippen LogP contribution in [0.3, 0.4) is 0 Å². The predicted octanol–water partition coefficient (Wildman–Crippen LogP) is 0.627. The number of nitrogens with one attached hydrogen (secondary N) is 1. The molecular weight excluding hydrogens is 176 g/mol. The van der Waals surface area contributed by atoms with E-state index >= 15 is 0 Å². The van der Waals surface area contributed by atoms with Crippen molar-refractivity contribution in [1.29, 1.82) is 0 Å². The molecule has 14 heavy (non-hydrogen) atoms. The maximum Gasteiger partial charge on any atom is 0.133 e. The lowest BCUT2D eigenvalue weighted by molar-refractivity contribution is 0.576. The van der Waals surface area contributed by atoms with Gasteiger partial charge in [-0.25, -0.2) is 0 Å². The number of aliphatic imine (C=N–C) groups is 2. The number of amidine groups is 1. The zero-order valence-electron chi connectivity index (χ0n) is 7.64. The molecule has 0 amide bonds. The van der Waals surface area contributed by atoms with Gasteiger partial charge in [-0.1, -0.05) is 0 Å². The highest BCUT2D eigenvalue weighted by molar-refractivity contribution is 6.01. The minimum absolute atomic E-state index is 0.643. The van der Waals surface area contributed by atoms with E-state index in [0.29, 0.717) is 6.67 Å². The molecule has 0 aromatic rings. The topological polar surface area (TPSA) is 40.0 Å². The van der Waals surface area contributed by atoms with Crippen LogP contribution in [0.25, 0.3) is 0 Å². The molecule has 0 fully saturated rings. The van der Waals surface area contributed by atoms with Crippen molar-refractivity contribution in [3.05, 3.63) is 35.8 Å². The van der Waals surface area contributed by atoms with E-state index in [9.17, 15) is 0 Å². The van der Waals surface area contributed by atoms with Crippen molar-refractivity contribution in [2.75, 3.05) is 13.2 Å². The monoisotopic (exact) mass is 186 g/mol. The van der Waals surface area contributed by atoms with Gasteiger partial charge in [-0.3, -0.25) is 14.9 Å². The van der Waals surface area contributed by atoms with Gasteiger partial charge < -0.3 is 5.32 Å². The molecule has 0 aromatic heterocycles. The highest BCUT2D eigenvalue weighted by atomic mass is 15.3. The van der Waals surface area contributed by atoms with Crippen molar-refractivity contribution >= 4 is 12.1 Å². The molecule has 0 atom stereocenters. The average Bonchev–Trinajstić information content (AvgIpc) is 2.29. The van der Waals surface area contributed by atoms with Gasteiger partial charge in [0.05, 0.1) is 6.54 Å². The molecule has 0 aromatic carbocycles. The Balaban J connectivity index is 2.08. The lowest BCUT2D eigenvalue weighted by atomic mass is 10.1. The molecule has 0 bridgehead atoms. The second-order valence-corrected chi connectivity index (χ2v) is 3.24. The third kappa shape index (κ3) is 1.00. The fourth-order valence-electron chi connectivity index (χ4n) is 1.71. The van der Waals surface area contributed by atoms with Crippen LogP contribution in [0, 0.1) is 0 Å². The van der Waals surface area contributed by atoms with E-state index in [1.165, 1.54) is 0 Å². The first-order valence-electron chi connectivity index (χ1n) is 4.61. The van der Waals surface area contributed by atoms with Gasteiger partial charge in [0.15, 0.2) is 0 Å². The number of allylic oxidation sites excluding steroid dienone is 2. The first kappa shape index (κ1) is 7.55. The first-order valence-corrected chi connectivity index (χ1v) is 4.61. The van der Waals surface area contributed by atoms with Crippen molar-refractivity contribution < 1.29 is 0 Å². The maximum atomic E-state index is 4.39. The highest BCUT2D eigenvalue weighted by Gasteiger charge is 2.21. The van der Waals surface area contributed by atoms with Gasteiger partial charge in [0, 0.05) is 18.0 Å². The molecule has 0 aliphatic carbocycles. The Morgan fingerprint density at radius 2 is 2.36 bits per heavy atom. The Hall–Kier alpha value is -1.84. The molecule has 0 saturated heterocycles. The van der Waals surface area contributed by atoms with Gasteiger partial charge in [0.2, 0.25) is 0 Å². The van der Waals surface area contributed by atoms with Crippen molar-refractivity contribution in [2.24, 2.45) is 9.98 Å². The molecular formula is C10H10N4. The van der Waals surface area contributed by atoms with Crippen LogP contribution >= 0.6 is 0 Å². The molecule has 3 rings (SSSR count). The second kappa shape index (κ2) is 2.83. The van der Waals surface area contributed by atoms with Crippen LogP contribution in [0.15, 0.2) is 45.8 Å². The summed E-state index contributed by atoms with van der Waals surface area (Å²) in [5, 5.41) is 3.24. The zero-order valence-corrected chi connectivity index (χ0v) is 7.64. The molecule has 4 heteroatoms. The quantitative estimate of drug-likeness (QED) is 0.602. The summed E-state index contributed by atoms with van der Waals surface area (Å²) in [6.07, 6.45) is 10.0. The zero-order chi connectivity index (χ0) is 9.38. The van der Waals surface area contributed by atoms with Crippen LogP contribution in [-0.4, -0.2) is 30.2 Å². The summed E-state index contributed by atoms with van der Waals surface area (Å²) in [7, 11) is 0. The van der Waals surface area contributed by atoms with Gasteiger partial charge >= 0.3 is 0 Å². The lowest BCUT2D eigenvalue weighted by Gasteiger charge is -2.31. The summed E-state index contributed by atoms with van der Waals surface area (Å²) >= 11 is 0. The van der Waals surface area contributed by atoms with Gasteiger partial charge in [0.25, 0.3) is 0 Å². The summed E-state index contributed by atoms with van der Waals surface area (Å²) < 4.78 is 0. The molecule has 70 valence electrons. The number of hydrogen-bond donors (Lipinski definition) is 1.